The van der Waals surface area contributed by atoms with E-state index in [0.717, 1.165) is 0 Å². The molecule has 0 aliphatic rings. The molecule has 0 unspecified atom stereocenters. The molecular formula is C11H18ClN3O3S. The van der Waals surface area contributed by atoms with Crippen molar-refractivity contribution in [3.05, 3.63) is 29.8 Å². The molecule has 0 fully saturated rings. The average molecular weight is 308 g/mol. The molecule has 0 spiro atoms. The predicted octanol–water partition coefficient (Wildman–Crippen LogP) is 0.0935. The molecule has 0 aliphatic carbocycles. The van der Waals surface area contributed by atoms with Crippen LogP contribution >= 0.6 is 12.4 Å². The molecule has 0 radical (unpaired) electrons. The molecule has 8 heteroatoms. The number of hydrogen-bond acceptors (Lipinski definition) is 4. The standard InChI is InChI=1S/C11H17N3O3S.ClH/c1-8(7-12)14-18(16,17)10-5-3-9(4-6-10)11(15)13-2;/h3-6,8,14H,7,12H2,1-2H3,(H,13,15);1H/t8-;/m1./s1. The van der Waals surface area contributed by atoms with Gasteiger partial charge < -0.3 is 11.1 Å². The van der Waals surface area contributed by atoms with Crippen LogP contribution in [0.3, 0.4) is 0 Å². The highest BCUT2D eigenvalue weighted by atomic mass is 35.5. The van der Waals surface area contributed by atoms with Crippen LogP contribution in [0.15, 0.2) is 29.2 Å². The van der Waals surface area contributed by atoms with Crippen LogP contribution in [0.1, 0.15) is 17.3 Å². The van der Waals surface area contributed by atoms with Crippen LogP contribution in [-0.2, 0) is 10.0 Å². The molecule has 0 aliphatic heterocycles. The van der Waals surface area contributed by atoms with E-state index in [1.807, 2.05) is 0 Å². The first-order valence-corrected chi connectivity index (χ1v) is 6.93. The van der Waals surface area contributed by atoms with Gasteiger partial charge in [-0.25, -0.2) is 13.1 Å². The number of sulfonamides is 1. The maximum Gasteiger partial charge on any atom is 0.251 e. The number of rotatable bonds is 5. The van der Waals surface area contributed by atoms with Crippen molar-refractivity contribution in [1.29, 1.82) is 0 Å². The zero-order valence-corrected chi connectivity index (χ0v) is 12.3. The number of amides is 1. The number of carbonyl (C=O) groups excluding carboxylic acids is 1. The Balaban J connectivity index is 0.00000324. The largest absolute Gasteiger partial charge is 0.355 e. The second-order valence-corrected chi connectivity index (χ2v) is 5.58. The minimum atomic E-state index is -3.58. The first kappa shape index (κ1) is 17.8. The van der Waals surface area contributed by atoms with Gasteiger partial charge in [0.25, 0.3) is 5.91 Å². The van der Waals surface area contributed by atoms with Crippen LogP contribution in [0.2, 0.25) is 0 Å². The molecule has 108 valence electrons. The molecule has 0 aromatic heterocycles. The highest BCUT2D eigenvalue weighted by Crippen LogP contribution is 2.11. The minimum absolute atomic E-state index is 0. The zero-order chi connectivity index (χ0) is 13.8. The van der Waals surface area contributed by atoms with Gasteiger partial charge in [0.15, 0.2) is 0 Å². The summed E-state index contributed by atoms with van der Waals surface area (Å²) in [5.74, 6) is -0.262. The number of hydrogen-bond donors (Lipinski definition) is 3. The van der Waals surface area contributed by atoms with Crippen molar-refractivity contribution in [2.24, 2.45) is 5.73 Å². The summed E-state index contributed by atoms with van der Waals surface area (Å²) in [6.45, 7) is 1.89. The maximum absolute atomic E-state index is 11.9. The van der Waals surface area contributed by atoms with Gasteiger partial charge in [0.05, 0.1) is 4.90 Å². The number of carbonyl (C=O) groups is 1. The monoisotopic (exact) mass is 307 g/mol. The van der Waals surface area contributed by atoms with E-state index < -0.39 is 10.0 Å². The van der Waals surface area contributed by atoms with E-state index >= 15 is 0 Å². The van der Waals surface area contributed by atoms with Crippen molar-refractivity contribution in [1.82, 2.24) is 10.0 Å². The normalized spacial score (nSPS) is 12.4. The molecule has 19 heavy (non-hydrogen) atoms. The Hall–Kier alpha value is -1.15. The summed E-state index contributed by atoms with van der Waals surface area (Å²) in [4.78, 5) is 11.4. The van der Waals surface area contributed by atoms with E-state index in [0.29, 0.717) is 5.56 Å². The van der Waals surface area contributed by atoms with Gasteiger partial charge in [0.1, 0.15) is 0 Å². The third-order valence-corrected chi connectivity index (χ3v) is 3.97. The molecule has 1 atom stereocenters. The second-order valence-electron chi connectivity index (χ2n) is 3.86. The van der Waals surface area contributed by atoms with Crippen molar-refractivity contribution in [2.45, 2.75) is 17.9 Å². The zero-order valence-electron chi connectivity index (χ0n) is 10.7. The Morgan fingerprint density at radius 2 is 1.84 bits per heavy atom. The summed E-state index contributed by atoms with van der Waals surface area (Å²) in [5.41, 5.74) is 5.77. The van der Waals surface area contributed by atoms with Crippen LogP contribution in [-0.4, -0.2) is 34.0 Å². The Kier molecular flexibility index (Phi) is 6.99. The van der Waals surface area contributed by atoms with Gasteiger partial charge in [0, 0.05) is 25.2 Å². The Bertz CT molecular complexity index is 516. The number of nitrogens with one attached hydrogen (secondary N) is 2. The number of nitrogens with two attached hydrogens (primary N) is 1. The van der Waals surface area contributed by atoms with Crippen molar-refractivity contribution in [2.75, 3.05) is 13.6 Å². The molecular weight excluding hydrogens is 290 g/mol. The van der Waals surface area contributed by atoms with Gasteiger partial charge in [-0.3, -0.25) is 4.79 Å². The van der Waals surface area contributed by atoms with E-state index in [1.54, 1.807) is 6.92 Å². The van der Waals surface area contributed by atoms with Crippen LogP contribution in [0.5, 0.6) is 0 Å². The molecule has 6 nitrogen and oxygen atoms in total. The van der Waals surface area contributed by atoms with Crippen LogP contribution < -0.4 is 15.8 Å². The molecule has 1 aromatic carbocycles. The van der Waals surface area contributed by atoms with E-state index in [9.17, 15) is 13.2 Å². The Morgan fingerprint density at radius 1 is 1.32 bits per heavy atom. The summed E-state index contributed by atoms with van der Waals surface area (Å²) in [5, 5.41) is 2.46. The maximum atomic E-state index is 11.9. The van der Waals surface area contributed by atoms with E-state index in [-0.39, 0.29) is 35.8 Å². The lowest BCUT2D eigenvalue weighted by Gasteiger charge is -2.12. The highest BCUT2D eigenvalue weighted by Gasteiger charge is 2.16. The average Bonchev–Trinajstić information content (AvgIpc) is 2.37. The van der Waals surface area contributed by atoms with Gasteiger partial charge in [-0.1, -0.05) is 0 Å². The van der Waals surface area contributed by atoms with Gasteiger partial charge >= 0.3 is 0 Å². The van der Waals surface area contributed by atoms with Crippen molar-refractivity contribution < 1.29 is 13.2 Å². The van der Waals surface area contributed by atoms with Gasteiger partial charge in [-0.2, -0.15) is 0 Å². The van der Waals surface area contributed by atoms with Crippen LogP contribution in [0.25, 0.3) is 0 Å². The van der Waals surface area contributed by atoms with Crippen molar-refractivity contribution >= 4 is 28.3 Å². The minimum Gasteiger partial charge on any atom is -0.355 e. The molecule has 0 heterocycles. The molecule has 1 amide bonds. The lowest BCUT2D eigenvalue weighted by Crippen LogP contribution is -2.37. The van der Waals surface area contributed by atoms with E-state index in [2.05, 4.69) is 10.0 Å². The van der Waals surface area contributed by atoms with Crippen LogP contribution in [0, 0.1) is 0 Å². The third kappa shape index (κ3) is 4.79. The fraction of sp³-hybridized carbons (Fsp3) is 0.364. The Morgan fingerprint density at radius 3 is 2.26 bits per heavy atom. The van der Waals surface area contributed by atoms with Crippen molar-refractivity contribution in [3.63, 3.8) is 0 Å². The molecule has 0 bridgehead atoms. The first-order chi connectivity index (χ1) is 8.40. The quantitative estimate of drug-likeness (QED) is 0.717. The second kappa shape index (κ2) is 7.44. The smallest absolute Gasteiger partial charge is 0.251 e. The summed E-state index contributed by atoms with van der Waals surface area (Å²) >= 11 is 0. The van der Waals surface area contributed by atoms with E-state index in [1.165, 1.54) is 31.3 Å². The SMILES string of the molecule is CNC(=O)c1ccc(S(=O)(=O)N[C@H](C)CN)cc1.Cl. The number of benzene rings is 1. The third-order valence-electron chi connectivity index (χ3n) is 2.36. The topological polar surface area (TPSA) is 101 Å². The predicted molar refractivity (Wildman–Crippen MR) is 75.9 cm³/mol. The molecule has 0 saturated carbocycles. The fourth-order valence-corrected chi connectivity index (χ4v) is 2.57. The molecule has 4 N–H and O–H groups in total. The van der Waals surface area contributed by atoms with Gasteiger partial charge in [-0.15, -0.1) is 12.4 Å². The lowest BCUT2D eigenvalue weighted by molar-refractivity contribution is 0.0963. The lowest BCUT2D eigenvalue weighted by atomic mass is 10.2. The van der Waals surface area contributed by atoms with Gasteiger partial charge in [0.2, 0.25) is 10.0 Å². The highest BCUT2D eigenvalue weighted by molar-refractivity contribution is 7.89. The summed E-state index contributed by atoms with van der Waals surface area (Å²) in [7, 11) is -2.07. The Labute approximate surface area is 119 Å². The summed E-state index contributed by atoms with van der Waals surface area (Å²) in [6, 6.07) is 5.35. The summed E-state index contributed by atoms with van der Waals surface area (Å²) in [6.07, 6.45) is 0. The number of halogens is 1. The molecule has 1 rings (SSSR count). The molecule has 0 saturated heterocycles. The van der Waals surface area contributed by atoms with Gasteiger partial charge in [-0.05, 0) is 31.2 Å². The van der Waals surface area contributed by atoms with Crippen LogP contribution in [0.4, 0.5) is 0 Å². The fourth-order valence-electron chi connectivity index (χ4n) is 1.31. The van der Waals surface area contributed by atoms with Crippen molar-refractivity contribution in [3.8, 4) is 0 Å². The van der Waals surface area contributed by atoms with E-state index in [4.69, 9.17) is 5.73 Å². The first-order valence-electron chi connectivity index (χ1n) is 5.45. The molecule has 1 aromatic rings. The summed E-state index contributed by atoms with van der Waals surface area (Å²) < 4.78 is 26.2.